The van der Waals surface area contributed by atoms with Crippen LogP contribution in [0.2, 0.25) is 0 Å². The van der Waals surface area contributed by atoms with Gasteiger partial charge in [0.25, 0.3) is 0 Å². The van der Waals surface area contributed by atoms with Crippen molar-refractivity contribution in [3.63, 3.8) is 0 Å². The molecule has 0 radical (unpaired) electrons. The molecule has 1 heterocycles. The maximum atomic E-state index is 4.56. The average molecular weight is 198 g/mol. The summed E-state index contributed by atoms with van der Waals surface area (Å²) in [6, 6.07) is 0. The van der Waals surface area contributed by atoms with Crippen molar-refractivity contribution in [1.29, 1.82) is 0 Å². The quantitative estimate of drug-likeness (QED) is 0.709. The molecule has 1 aromatic rings. The van der Waals surface area contributed by atoms with Crippen LogP contribution in [0.25, 0.3) is 0 Å². The largest absolute Gasteiger partial charge is 0.320 e. The molecular formula is C10H18N2S. The van der Waals surface area contributed by atoms with Crippen molar-refractivity contribution >= 4 is 11.3 Å². The number of thiazole rings is 1. The highest BCUT2D eigenvalue weighted by atomic mass is 32.1. The summed E-state index contributed by atoms with van der Waals surface area (Å²) in [5.41, 5.74) is 1.27. The summed E-state index contributed by atoms with van der Waals surface area (Å²) in [5.74, 6) is 0. The second-order valence-electron chi connectivity index (χ2n) is 3.19. The molecule has 3 heteroatoms. The van der Waals surface area contributed by atoms with Crippen LogP contribution in [0.1, 0.15) is 30.5 Å². The normalized spacial score (nSPS) is 10.6. The number of nitrogens with zero attached hydrogens (tertiary/aromatic N) is 1. The Balaban J connectivity index is 2.31. The van der Waals surface area contributed by atoms with Gasteiger partial charge in [-0.1, -0.05) is 6.92 Å². The van der Waals surface area contributed by atoms with Crippen LogP contribution in [0.3, 0.4) is 0 Å². The van der Waals surface area contributed by atoms with Crippen molar-refractivity contribution in [1.82, 2.24) is 10.3 Å². The predicted molar refractivity (Wildman–Crippen MR) is 58.4 cm³/mol. The van der Waals surface area contributed by atoms with Crippen LogP contribution in [0.5, 0.6) is 0 Å². The second kappa shape index (κ2) is 6.11. The molecule has 0 saturated carbocycles. The molecule has 0 unspecified atom stereocenters. The summed E-state index contributed by atoms with van der Waals surface area (Å²) < 4.78 is 0. The monoisotopic (exact) mass is 198 g/mol. The minimum atomic E-state index is 1.08. The Morgan fingerprint density at radius 3 is 3.00 bits per heavy atom. The minimum absolute atomic E-state index is 1.08. The lowest BCUT2D eigenvalue weighted by Gasteiger charge is -1.95. The smallest absolute Gasteiger partial charge is 0.0928 e. The van der Waals surface area contributed by atoms with Crippen molar-refractivity contribution in [2.75, 3.05) is 13.6 Å². The maximum Gasteiger partial charge on any atom is 0.0928 e. The van der Waals surface area contributed by atoms with Gasteiger partial charge in [0.1, 0.15) is 0 Å². The molecule has 13 heavy (non-hydrogen) atoms. The van der Waals surface area contributed by atoms with E-state index in [-0.39, 0.29) is 0 Å². The zero-order valence-electron chi connectivity index (χ0n) is 8.47. The van der Waals surface area contributed by atoms with Crippen LogP contribution in [0.4, 0.5) is 0 Å². The fourth-order valence-corrected chi connectivity index (χ4v) is 2.17. The Bertz CT molecular complexity index is 233. The lowest BCUT2D eigenvalue weighted by Crippen LogP contribution is -2.08. The average Bonchev–Trinajstić information content (AvgIpc) is 2.54. The highest BCUT2D eigenvalue weighted by molar-refractivity contribution is 7.09. The molecule has 0 atom stereocenters. The van der Waals surface area contributed by atoms with E-state index in [9.17, 15) is 0 Å². The van der Waals surface area contributed by atoms with Gasteiger partial charge in [-0.2, -0.15) is 0 Å². The van der Waals surface area contributed by atoms with Crippen molar-refractivity contribution in [2.24, 2.45) is 0 Å². The van der Waals surface area contributed by atoms with E-state index in [1.165, 1.54) is 23.5 Å². The van der Waals surface area contributed by atoms with Crippen molar-refractivity contribution in [3.05, 3.63) is 16.1 Å². The molecule has 0 amide bonds. The summed E-state index contributed by atoms with van der Waals surface area (Å²) >= 11 is 1.80. The molecule has 0 aliphatic rings. The lowest BCUT2D eigenvalue weighted by molar-refractivity contribution is 0.715. The Kier molecular flexibility index (Phi) is 5.01. The molecule has 1 rings (SSSR count). The van der Waals surface area contributed by atoms with E-state index in [1.807, 2.05) is 7.05 Å². The van der Waals surface area contributed by atoms with Crippen LogP contribution < -0.4 is 5.32 Å². The zero-order chi connectivity index (χ0) is 9.52. The number of rotatable bonds is 6. The van der Waals surface area contributed by atoms with Crippen LogP contribution >= 0.6 is 11.3 Å². The third-order valence-electron chi connectivity index (χ3n) is 1.92. The second-order valence-corrected chi connectivity index (χ2v) is 4.13. The van der Waals surface area contributed by atoms with E-state index < -0.39 is 0 Å². The summed E-state index contributed by atoms with van der Waals surface area (Å²) in [6.07, 6.45) is 4.63. The van der Waals surface area contributed by atoms with E-state index >= 15 is 0 Å². The molecule has 0 spiro atoms. The Labute approximate surface area is 84.4 Å². The third kappa shape index (κ3) is 3.87. The first-order valence-corrected chi connectivity index (χ1v) is 5.82. The molecule has 0 bridgehead atoms. The first-order valence-electron chi connectivity index (χ1n) is 4.94. The number of nitrogens with one attached hydrogen (secondary N) is 1. The van der Waals surface area contributed by atoms with Crippen LogP contribution in [0, 0.1) is 0 Å². The van der Waals surface area contributed by atoms with E-state index in [0.717, 1.165) is 19.4 Å². The molecule has 0 aliphatic heterocycles. The van der Waals surface area contributed by atoms with Crippen LogP contribution in [-0.2, 0) is 12.8 Å². The first kappa shape index (κ1) is 10.7. The molecule has 0 aliphatic carbocycles. The highest BCUT2D eigenvalue weighted by Crippen LogP contribution is 2.12. The van der Waals surface area contributed by atoms with Crippen molar-refractivity contribution < 1.29 is 0 Å². The molecule has 2 nitrogen and oxygen atoms in total. The fourth-order valence-electron chi connectivity index (χ4n) is 1.24. The van der Waals surface area contributed by atoms with Crippen molar-refractivity contribution in [3.8, 4) is 0 Å². The Morgan fingerprint density at radius 2 is 2.31 bits per heavy atom. The molecule has 0 saturated heterocycles. The standard InChI is InChI=1S/C10H18N2S/c1-3-5-10-12-9(8-13-10)6-4-7-11-2/h8,11H,3-7H2,1-2H3. The van der Waals surface area contributed by atoms with Gasteiger partial charge in [0, 0.05) is 5.38 Å². The molecular weight excluding hydrogens is 180 g/mol. The molecule has 74 valence electrons. The van der Waals surface area contributed by atoms with Gasteiger partial charge in [-0.15, -0.1) is 11.3 Å². The van der Waals surface area contributed by atoms with E-state index in [2.05, 4.69) is 22.6 Å². The Morgan fingerprint density at radius 1 is 1.46 bits per heavy atom. The molecule has 0 aromatic carbocycles. The topological polar surface area (TPSA) is 24.9 Å². The summed E-state index contributed by atoms with van der Waals surface area (Å²) in [5, 5.41) is 6.63. The van der Waals surface area contributed by atoms with Gasteiger partial charge in [0.2, 0.25) is 0 Å². The van der Waals surface area contributed by atoms with E-state index in [1.54, 1.807) is 11.3 Å². The van der Waals surface area contributed by atoms with Gasteiger partial charge < -0.3 is 5.32 Å². The van der Waals surface area contributed by atoms with Gasteiger partial charge in [-0.05, 0) is 39.3 Å². The number of hydrogen-bond acceptors (Lipinski definition) is 3. The SMILES string of the molecule is CCCc1nc(CCCNC)cs1. The molecule has 1 N–H and O–H groups in total. The van der Waals surface area contributed by atoms with Crippen LogP contribution in [-0.4, -0.2) is 18.6 Å². The van der Waals surface area contributed by atoms with Crippen molar-refractivity contribution in [2.45, 2.75) is 32.6 Å². The summed E-state index contributed by atoms with van der Waals surface area (Å²) in [4.78, 5) is 4.56. The van der Waals surface area contributed by atoms with Crippen LogP contribution in [0.15, 0.2) is 5.38 Å². The molecule has 1 aromatic heterocycles. The highest BCUT2D eigenvalue weighted by Gasteiger charge is 2.00. The first-order chi connectivity index (χ1) is 6.36. The lowest BCUT2D eigenvalue weighted by atomic mass is 10.2. The Hall–Kier alpha value is -0.410. The van der Waals surface area contributed by atoms with E-state index in [4.69, 9.17) is 0 Å². The van der Waals surface area contributed by atoms with Gasteiger partial charge in [-0.25, -0.2) is 4.98 Å². The number of aryl methyl sites for hydroxylation is 2. The number of aromatic nitrogens is 1. The fraction of sp³-hybridized carbons (Fsp3) is 0.700. The maximum absolute atomic E-state index is 4.56. The predicted octanol–water partition coefficient (Wildman–Crippen LogP) is 2.25. The summed E-state index contributed by atoms with van der Waals surface area (Å²) in [7, 11) is 1.99. The minimum Gasteiger partial charge on any atom is -0.320 e. The van der Waals surface area contributed by atoms with Gasteiger partial charge in [0.15, 0.2) is 0 Å². The number of hydrogen-bond donors (Lipinski definition) is 1. The van der Waals surface area contributed by atoms with E-state index in [0.29, 0.717) is 0 Å². The zero-order valence-corrected chi connectivity index (χ0v) is 9.28. The van der Waals surface area contributed by atoms with Gasteiger partial charge in [-0.3, -0.25) is 0 Å². The molecule has 0 fully saturated rings. The van der Waals surface area contributed by atoms with Gasteiger partial charge >= 0.3 is 0 Å². The van der Waals surface area contributed by atoms with Gasteiger partial charge in [0.05, 0.1) is 10.7 Å². The third-order valence-corrected chi connectivity index (χ3v) is 2.88. The summed E-state index contributed by atoms with van der Waals surface area (Å²) in [6.45, 7) is 3.28.